The Morgan fingerprint density at radius 3 is 2.90 bits per heavy atom. The van der Waals surface area contributed by atoms with Crippen molar-refractivity contribution in [2.45, 2.75) is 0 Å². The standard InChI is InChI=1S/C14H16FN3O2/c1-18(2)6-5-16-12-4-3-10-7-11(14(19)20-15)9-17-13(10)8-12/h3-4,7-9,16H,5-6H2,1-2H3. The van der Waals surface area contributed by atoms with Crippen LogP contribution in [0.1, 0.15) is 10.4 Å². The molecule has 1 N–H and O–H groups in total. The van der Waals surface area contributed by atoms with Crippen LogP contribution in [0.5, 0.6) is 0 Å². The molecule has 2 rings (SSSR count). The third-order valence-corrected chi connectivity index (χ3v) is 2.88. The van der Waals surface area contributed by atoms with E-state index in [1.54, 1.807) is 6.07 Å². The van der Waals surface area contributed by atoms with E-state index >= 15 is 0 Å². The number of nitrogens with zero attached hydrogens (tertiary/aromatic N) is 2. The number of nitrogens with one attached hydrogen (secondary N) is 1. The minimum absolute atomic E-state index is 0.0910. The van der Waals surface area contributed by atoms with Gasteiger partial charge in [-0.25, -0.2) is 9.74 Å². The van der Waals surface area contributed by atoms with Crippen LogP contribution < -0.4 is 5.32 Å². The predicted molar refractivity (Wildman–Crippen MR) is 75.3 cm³/mol. The van der Waals surface area contributed by atoms with Crippen molar-refractivity contribution < 1.29 is 14.3 Å². The molecular weight excluding hydrogens is 261 g/mol. The van der Waals surface area contributed by atoms with Gasteiger partial charge >= 0.3 is 5.97 Å². The first kappa shape index (κ1) is 14.2. The minimum atomic E-state index is -1.03. The van der Waals surface area contributed by atoms with E-state index in [1.807, 2.05) is 32.3 Å². The molecule has 0 amide bonds. The number of aromatic nitrogens is 1. The van der Waals surface area contributed by atoms with Crippen LogP contribution in [0.4, 0.5) is 10.2 Å². The van der Waals surface area contributed by atoms with Gasteiger partial charge in [0.25, 0.3) is 0 Å². The van der Waals surface area contributed by atoms with Gasteiger partial charge in [0.1, 0.15) is 0 Å². The van der Waals surface area contributed by atoms with Crippen LogP contribution >= 0.6 is 0 Å². The molecule has 20 heavy (non-hydrogen) atoms. The van der Waals surface area contributed by atoms with Crippen LogP contribution in [0.2, 0.25) is 0 Å². The van der Waals surface area contributed by atoms with Gasteiger partial charge in [-0.05, 0) is 32.3 Å². The molecule has 1 aromatic carbocycles. The summed E-state index contributed by atoms with van der Waals surface area (Å²) in [7, 11) is 4.02. The molecule has 1 aromatic heterocycles. The molecule has 2 aromatic rings. The van der Waals surface area contributed by atoms with Gasteiger partial charge in [-0.1, -0.05) is 6.07 Å². The maximum Gasteiger partial charge on any atom is 0.381 e. The molecule has 6 heteroatoms. The lowest BCUT2D eigenvalue weighted by Gasteiger charge is -2.11. The number of likely N-dealkylation sites (N-methyl/N-ethyl adjacent to an activating group) is 1. The zero-order valence-corrected chi connectivity index (χ0v) is 11.4. The van der Waals surface area contributed by atoms with E-state index in [9.17, 15) is 9.32 Å². The van der Waals surface area contributed by atoms with Gasteiger partial charge in [0.2, 0.25) is 0 Å². The number of carbonyl (C=O) groups is 1. The molecule has 0 saturated heterocycles. The smallest absolute Gasteiger partial charge is 0.381 e. The number of carbonyl (C=O) groups excluding carboxylic acids is 1. The number of hydrogen-bond donors (Lipinski definition) is 1. The van der Waals surface area contributed by atoms with Gasteiger partial charge in [0, 0.05) is 34.9 Å². The monoisotopic (exact) mass is 277 g/mol. The SMILES string of the molecule is CN(C)CCNc1ccc2cc(C(=O)OF)cnc2c1. The second-order valence-electron chi connectivity index (χ2n) is 4.73. The predicted octanol–water partition coefficient (Wildman–Crippen LogP) is 2.25. The number of fused-ring (bicyclic) bond motifs is 1. The fourth-order valence-electron chi connectivity index (χ4n) is 1.81. The Morgan fingerprint density at radius 1 is 1.40 bits per heavy atom. The fraction of sp³-hybridized carbons (Fsp3) is 0.286. The van der Waals surface area contributed by atoms with Crippen LogP contribution in [0.15, 0.2) is 30.5 Å². The lowest BCUT2D eigenvalue weighted by Crippen LogP contribution is -2.20. The normalized spacial score (nSPS) is 10.8. The summed E-state index contributed by atoms with van der Waals surface area (Å²) >= 11 is 0. The average Bonchev–Trinajstić information content (AvgIpc) is 2.45. The summed E-state index contributed by atoms with van der Waals surface area (Å²) in [5.41, 5.74) is 1.77. The lowest BCUT2D eigenvalue weighted by molar-refractivity contribution is -0.0788. The van der Waals surface area contributed by atoms with Gasteiger partial charge in [-0.2, -0.15) is 0 Å². The van der Waals surface area contributed by atoms with E-state index in [0.717, 1.165) is 29.7 Å². The highest BCUT2D eigenvalue weighted by Gasteiger charge is 2.09. The number of hydrogen-bond acceptors (Lipinski definition) is 5. The van der Waals surface area contributed by atoms with Gasteiger partial charge < -0.3 is 10.2 Å². The maximum atomic E-state index is 11.8. The van der Waals surface area contributed by atoms with E-state index < -0.39 is 5.97 Å². The Balaban J connectivity index is 2.16. The molecule has 0 spiro atoms. The van der Waals surface area contributed by atoms with Crippen LogP contribution in [0.25, 0.3) is 10.9 Å². The van der Waals surface area contributed by atoms with Crippen molar-refractivity contribution in [1.29, 1.82) is 0 Å². The number of pyridine rings is 1. The first-order chi connectivity index (χ1) is 9.60. The van der Waals surface area contributed by atoms with Crippen LogP contribution in [0, 0.1) is 0 Å². The summed E-state index contributed by atoms with van der Waals surface area (Å²) in [5, 5.41) is 4.04. The Hall–Kier alpha value is -2.21. The molecule has 106 valence electrons. The third kappa shape index (κ3) is 3.42. The van der Waals surface area contributed by atoms with Gasteiger partial charge in [0.15, 0.2) is 0 Å². The van der Waals surface area contributed by atoms with Gasteiger partial charge in [0.05, 0.1) is 11.1 Å². The van der Waals surface area contributed by atoms with E-state index in [-0.39, 0.29) is 5.56 Å². The van der Waals surface area contributed by atoms with Gasteiger partial charge in [-0.15, -0.1) is 0 Å². The van der Waals surface area contributed by atoms with E-state index in [0.29, 0.717) is 0 Å². The van der Waals surface area contributed by atoms with Crippen molar-refractivity contribution in [3.63, 3.8) is 0 Å². The van der Waals surface area contributed by atoms with Crippen molar-refractivity contribution >= 4 is 22.6 Å². The first-order valence-electron chi connectivity index (χ1n) is 6.21. The van der Waals surface area contributed by atoms with Gasteiger partial charge in [-0.3, -0.25) is 4.98 Å². The zero-order chi connectivity index (χ0) is 14.5. The van der Waals surface area contributed by atoms with Crippen LogP contribution in [0.3, 0.4) is 0 Å². The van der Waals surface area contributed by atoms with E-state index in [4.69, 9.17) is 0 Å². The van der Waals surface area contributed by atoms with Crippen molar-refractivity contribution in [3.05, 3.63) is 36.0 Å². The average molecular weight is 277 g/mol. The number of benzene rings is 1. The Kier molecular flexibility index (Phi) is 4.47. The van der Waals surface area contributed by atoms with Crippen LogP contribution in [-0.4, -0.2) is 43.0 Å². The number of rotatable bonds is 5. The third-order valence-electron chi connectivity index (χ3n) is 2.88. The minimum Gasteiger partial charge on any atom is -0.384 e. The maximum absolute atomic E-state index is 11.8. The molecule has 0 aliphatic heterocycles. The quantitative estimate of drug-likeness (QED) is 0.908. The summed E-state index contributed by atoms with van der Waals surface area (Å²) in [6.45, 7) is 1.75. The van der Waals surface area contributed by atoms with Crippen molar-refractivity contribution in [2.75, 3.05) is 32.5 Å². The summed E-state index contributed by atoms with van der Waals surface area (Å²) in [6, 6.07) is 7.16. The largest absolute Gasteiger partial charge is 0.384 e. The molecule has 0 unspecified atom stereocenters. The molecule has 0 atom stereocenters. The topological polar surface area (TPSA) is 54.5 Å². The molecular formula is C14H16FN3O2. The molecule has 0 aliphatic rings. The molecule has 0 aliphatic carbocycles. The highest BCUT2D eigenvalue weighted by atomic mass is 19.3. The Bertz CT molecular complexity index is 616. The molecule has 0 saturated carbocycles. The Morgan fingerprint density at radius 2 is 2.20 bits per heavy atom. The summed E-state index contributed by atoms with van der Waals surface area (Å²) in [5.74, 6) is -1.03. The lowest BCUT2D eigenvalue weighted by atomic mass is 10.1. The summed E-state index contributed by atoms with van der Waals surface area (Å²) in [4.78, 5) is 20.5. The van der Waals surface area contributed by atoms with Crippen molar-refractivity contribution in [2.24, 2.45) is 0 Å². The highest BCUT2D eigenvalue weighted by Crippen LogP contribution is 2.18. The fourth-order valence-corrected chi connectivity index (χ4v) is 1.81. The molecule has 0 fully saturated rings. The van der Waals surface area contributed by atoms with E-state index in [1.165, 1.54) is 6.20 Å². The highest BCUT2D eigenvalue weighted by molar-refractivity contribution is 5.93. The van der Waals surface area contributed by atoms with Crippen molar-refractivity contribution in [3.8, 4) is 0 Å². The number of halogens is 1. The molecule has 5 nitrogen and oxygen atoms in total. The summed E-state index contributed by atoms with van der Waals surface area (Å²) in [6.07, 6.45) is 1.30. The zero-order valence-electron chi connectivity index (χ0n) is 11.4. The molecule has 1 heterocycles. The first-order valence-corrected chi connectivity index (χ1v) is 6.21. The molecule has 0 bridgehead atoms. The molecule has 0 radical (unpaired) electrons. The second-order valence-corrected chi connectivity index (χ2v) is 4.73. The second kappa shape index (κ2) is 6.29. The Labute approximate surface area is 116 Å². The van der Waals surface area contributed by atoms with Crippen molar-refractivity contribution in [1.82, 2.24) is 9.88 Å². The number of anilines is 1. The van der Waals surface area contributed by atoms with E-state index in [2.05, 4.69) is 20.1 Å². The summed E-state index contributed by atoms with van der Waals surface area (Å²) < 4.78 is 11.8. The van der Waals surface area contributed by atoms with Crippen LogP contribution in [-0.2, 0) is 4.94 Å².